The summed E-state index contributed by atoms with van der Waals surface area (Å²) >= 11 is 7.16. The SMILES string of the molecule is CN(Cc1cccc(Cl)c1)C(=O)CSCC(=O)Nc1ccc(F)cc1. The largest absolute Gasteiger partial charge is 0.341 e. The minimum atomic E-state index is -0.360. The molecule has 1 N–H and O–H groups in total. The lowest BCUT2D eigenvalue weighted by molar-refractivity contribution is -0.127. The summed E-state index contributed by atoms with van der Waals surface area (Å²) in [7, 11) is 1.71. The summed E-state index contributed by atoms with van der Waals surface area (Å²) in [6.45, 7) is 0.460. The van der Waals surface area contributed by atoms with E-state index < -0.39 is 0 Å². The first-order chi connectivity index (χ1) is 11.9. The number of nitrogens with one attached hydrogen (secondary N) is 1. The molecule has 0 aliphatic heterocycles. The Morgan fingerprint density at radius 3 is 2.56 bits per heavy atom. The molecule has 0 fully saturated rings. The Balaban J connectivity index is 1.72. The smallest absolute Gasteiger partial charge is 0.234 e. The molecule has 2 rings (SSSR count). The molecular weight excluding hydrogens is 363 g/mol. The summed E-state index contributed by atoms with van der Waals surface area (Å²) in [6.07, 6.45) is 0. The lowest BCUT2D eigenvalue weighted by atomic mass is 10.2. The molecule has 0 aliphatic rings. The summed E-state index contributed by atoms with van der Waals surface area (Å²) in [5, 5.41) is 3.28. The van der Waals surface area contributed by atoms with Gasteiger partial charge in [0.05, 0.1) is 11.5 Å². The van der Waals surface area contributed by atoms with Gasteiger partial charge < -0.3 is 10.2 Å². The quantitative estimate of drug-likeness (QED) is 0.794. The molecule has 0 spiro atoms. The van der Waals surface area contributed by atoms with Crippen LogP contribution in [0, 0.1) is 5.82 Å². The molecule has 2 aromatic carbocycles. The van der Waals surface area contributed by atoms with Crippen molar-refractivity contribution in [3.63, 3.8) is 0 Å². The van der Waals surface area contributed by atoms with E-state index in [1.54, 1.807) is 18.0 Å². The second-order valence-corrected chi connectivity index (χ2v) is 6.85. The van der Waals surface area contributed by atoms with Crippen molar-refractivity contribution < 1.29 is 14.0 Å². The summed E-state index contributed by atoms with van der Waals surface area (Å²) in [5.41, 5.74) is 1.47. The van der Waals surface area contributed by atoms with Gasteiger partial charge in [0.15, 0.2) is 0 Å². The molecule has 0 aliphatic carbocycles. The van der Waals surface area contributed by atoms with Crippen LogP contribution in [-0.4, -0.2) is 35.3 Å². The Labute approximate surface area is 155 Å². The highest BCUT2D eigenvalue weighted by atomic mass is 35.5. The molecule has 0 atom stereocenters. The van der Waals surface area contributed by atoms with Gasteiger partial charge in [0.25, 0.3) is 0 Å². The zero-order valence-corrected chi connectivity index (χ0v) is 15.2. The van der Waals surface area contributed by atoms with Crippen LogP contribution in [0.15, 0.2) is 48.5 Å². The molecular formula is C18H18ClFN2O2S. The highest BCUT2D eigenvalue weighted by Crippen LogP contribution is 2.13. The van der Waals surface area contributed by atoms with Gasteiger partial charge in [0, 0.05) is 24.3 Å². The fourth-order valence-electron chi connectivity index (χ4n) is 2.07. The topological polar surface area (TPSA) is 49.4 Å². The highest BCUT2D eigenvalue weighted by Gasteiger charge is 2.11. The van der Waals surface area contributed by atoms with Crippen LogP contribution in [0.25, 0.3) is 0 Å². The van der Waals surface area contributed by atoms with Crippen molar-refractivity contribution in [3.8, 4) is 0 Å². The molecule has 0 radical (unpaired) electrons. The number of rotatable bonds is 7. The Hall–Kier alpha value is -2.05. The lowest BCUT2D eigenvalue weighted by Crippen LogP contribution is -2.28. The van der Waals surface area contributed by atoms with E-state index in [1.165, 1.54) is 36.0 Å². The molecule has 0 saturated heterocycles. The molecule has 25 heavy (non-hydrogen) atoms. The van der Waals surface area contributed by atoms with E-state index in [0.717, 1.165) is 5.56 Å². The first-order valence-electron chi connectivity index (χ1n) is 7.55. The van der Waals surface area contributed by atoms with E-state index in [0.29, 0.717) is 17.3 Å². The van der Waals surface area contributed by atoms with Crippen LogP contribution in [0.2, 0.25) is 5.02 Å². The first-order valence-corrected chi connectivity index (χ1v) is 9.09. The molecule has 4 nitrogen and oxygen atoms in total. The van der Waals surface area contributed by atoms with Crippen LogP contribution in [0.3, 0.4) is 0 Å². The molecule has 2 aromatic rings. The van der Waals surface area contributed by atoms with Gasteiger partial charge in [-0.25, -0.2) is 4.39 Å². The molecule has 7 heteroatoms. The van der Waals surface area contributed by atoms with Gasteiger partial charge in [0.2, 0.25) is 11.8 Å². The van der Waals surface area contributed by atoms with E-state index in [4.69, 9.17) is 11.6 Å². The Kier molecular flexibility index (Phi) is 7.28. The fourth-order valence-corrected chi connectivity index (χ4v) is 3.04. The second-order valence-electron chi connectivity index (χ2n) is 5.43. The van der Waals surface area contributed by atoms with Gasteiger partial charge in [-0.3, -0.25) is 9.59 Å². The third kappa shape index (κ3) is 6.76. The Morgan fingerprint density at radius 2 is 1.88 bits per heavy atom. The predicted molar refractivity (Wildman–Crippen MR) is 100 cm³/mol. The fraction of sp³-hybridized carbons (Fsp3) is 0.222. The summed E-state index contributed by atoms with van der Waals surface area (Å²) in [5.74, 6) is -0.315. The number of amides is 2. The van der Waals surface area contributed by atoms with Crippen molar-refractivity contribution in [3.05, 3.63) is 64.9 Å². The monoisotopic (exact) mass is 380 g/mol. The third-order valence-corrected chi connectivity index (χ3v) is 4.47. The van der Waals surface area contributed by atoms with Gasteiger partial charge in [-0.1, -0.05) is 23.7 Å². The van der Waals surface area contributed by atoms with Gasteiger partial charge in [-0.15, -0.1) is 11.8 Å². The summed E-state index contributed by atoms with van der Waals surface area (Å²) < 4.78 is 12.8. The number of carbonyl (C=O) groups excluding carboxylic acids is 2. The highest BCUT2D eigenvalue weighted by molar-refractivity contribution is 8.00. The molecule has 0 saturated carbocycles. The van der Waals surface area contributed by atoms with Crippen molar-refractivity contribution in [1.29, 1.82) is 0 Å². The van der Waals surface area contributed by atoms with Crippen molar-refractivity contribution in [2.45, 2.75) is 6.54 Å². The van der Waals surface area contributed by atoms with Gasteiger partial charge >= 0.3 is 0 Å². The van der Waals surface area contributed by atoms with Crippen molar-refractivity contribution in [2.24, 2.45) is 0 Å². The van der Waals surface area contributed by atoms with E-state index >= 15 is 0 Å². The van der Waals surface area contributed by atoms with Gasteiger partial charge in [-0.2, -0.15) is 0 Å². The van der Waals surface area contributed by atoms with Crippen LogP contribution >= 0.6 is 23.4 Å². The lowest BCUT2D eigenvalue weighted by Gasteiger charge is -2.17. The third-order valence-electron chi connectivity index (χ3n) is 3.32. The van der Waals surface area contributed by atoms with E-state index in [2.05, 4.69) is 5.32 Å². The molecule has 132 valence electrons. The maximum Gasteiger partial charge on any atom is 0.234 e. The van der Waals surface area contributed by atoms with E-state index in [9.17, 15) is 14.0 Å². The predicted octanol–water partition coefficient (Wildman–Crippen LogP) is 3.81. The van der Waals surface area contributed by atoms with Gasteiger partial charge in [-0.05, 0) is 42.0 Å². The van der Waals surface area contributed by atoms with E-state index in [-0.39, 0.29) is 29.1 Å². The molecule has 0 aromatic heterocycles. The molecule has 0 unspecified atom stereocenters. The average Bonchev–Trinajstić information content (AvgIpc) is 2.57. The molecule has 0 heterocycles. The number of thioether (sulfide) groups is 1. The second kappa shape index (κ2) is 9.44. The van der Waals surface area contributed by atoms with Crippen molar-refractivity contribution >= 4 is 40.9 Å². The minimum Gasteiger partial charge on any atom is -0.341 e. The number of hydrogen-bond acceptors (Lipinski definition) is 3. The van der Waals surface area contributed by atoms with Crippen LogP contribution in [0.4, 0.5) is 10.1 Å². The van der Waals surface area contributed by atoms with Crippen LogP contribution in [0.5, 0.6) is 0 Å². The minimum absolute atomic E-state index is 0.0699. The number of halogens is 2. The maximum atomic E-state index is 12.8. The van der Waals surface area contributed by atoms with Crippen LogP contribution in [0.1, 0.15) is 5.56 Å². The van der Waals surface area contributed by atoms with Gasteiger partial charge in [0.1, 0.15) is 5.82 Å². The van der Waals surface area contributed by atoms with Crippen LogP contribution < -0.4 is 5.32 Å². The Morgan fingerprint density at radius 1 is 1.16 bits per heavy atom. The summed E-state index contributed by atoms with van der Waals surface area (Å²) in [6, 6.07) is 12.9. The normalized spacial score (nSPS) is 10.4. The number of nitrogens with zero attached hydrogens (tertiary/aromatic N) is 1. The van der Waals surface area contributed by atoms with E-state index in [1.807, 2.05) is 18.2 Å². The zero-order valence-electron chi connectivity index (χ0n) is 13.7. The van der Waals surface area contributed by atoms with Crippen molar-refractivity contribution in [1.82, 2.24) is 4.90 Å². The number of hydrogen-bond donors (Lipinski definition) is 1. The number of anilines is 1. The molecule has 0 bridgehead atoms. The first kappa shape index (κ1) is 19.3. The Bertz CT molecular complexity index is 740. The standard InChI is InChI=1S/C18H18ClFN2O2S/c1-22(10-13-3-2-4-14(19)9-13)18(24)12-25-11-17(23)21-16-7-5-15(20)6-8-16/h2-9H,10-12H2,1H3,(H,21,23). The number of benzene rings is 2. The van der Waals surface area contributed by atoms with Crippen molar-refractivity contribution in [2.75, 3.05) is 23.9 Å². The maximum absolute atomic E-state index is 12.8. The van der Waals surface area contributed by atoms with Crippen LogP contribution in [-0.2, 0) is 16.1 Å². The number of carbonyl (C=O) groups is 2. The molecule has 2 amide bonds. The zero-order chi connectivity index (χ0) is 18.2. The summed E-state index contributed by atoms with van der Waals surface area (Å²) in [4.78, 5) is 25.5. The average molecular weight is 381 g/mol.